The monoisotopic (exact) mass is 736 g/mol. The van der Waals surface area contributed by atoms with Crippen LogP contribution in [0.1, 0.15) is 23.1 Å². The molecule has 0 aliphatic heterocycles. The van der Waals surface area contributed by atoms with Gasteiger partial charge in [-0.3, -0.25) is 24.2 Å². The molecule has 1 aromatic heterocycles. The molecular weight excluding hydrogens is 693 g/mol. The lowest BCUT2D eigenvalue weighted by atomic mass is 10.0. The van der Waals surface area contributed by atoms with Crippen molar-refractivity contribution in [2.45, 2.75) is 43.8 Å². The summed E-state index contributed by atoms with van der Waals surface area (Å²) in [6, 6.07) is 18.0. The van der Waals surface area contributed by atoms with Gasteiger partial charge in [-0.2, -0.15) is 13.2 Å². The molecule has 13 nitrogen and oxygen atoms in total. The van der Waals surface area contributed by atoms with Crippen molar-refractivity contribution in [2.24, 2.45) is 17.2 Å². The van der Waals surface area contributed by atoms with Crippen molar-refractivity contribution >= 4 is 40.2 Å². The average molecular weight is 737 g/mol. The molecule has 53 heavy (non-hydrogen) atoms. The molecule has 4 rings (SSSR count). The first-order valence-corrected chi connectivity index (χ1v) is 16.9. The number of amides is 4. The topological polar surface area (TPSA) is 208 Å². The molecule has 282 valence electrons. The molecule has 3 aromatic carbocycles. The number of ether oxygens (including phenoxy) is 1. The number of fused-ring (bicyclic) bond motifs is 1. The highest BCUT2D eigenvalue weighted by atomic mass is 19.4. The number of pyridine rings is 1. The van der Waals surface area contributed by atoms with Gasteiger partial charge in [-0.15, -0.1) is 0 Å². The molecule has 0 aliphatic carbocycles. The molecule has 4 aromatic rings. The Morgan fingerprint density at radius 3 is 2.09 bits per heavy atom. The third-order valence-corrected chi connectivity index (χ3v) is 8.12. The minimum atomic E-state index is -4.58. The van der Waals surface area contributed by atoms with Crippen LogP contribution in [0.15, 0.2) is 91.1 Å². The molecule has 0 bridgehead atoms. The van der Waals surface area contributed by atoms with Gasteiger partial charge in [0.05, 0.1) is 42.6 Å². The molecule has 0 radical (unpaired) electrons. The van der Waals surface area contributed by atoms with Crippen LogP contribution < -0.4 is 33.2 Å². The minimum absolute atomic E-state index is 0.109. The number of para-hydroxylation sites is 1. The van der Waals surface area contributed by atoms with Crippen LogP contribution in [0.2, 0.25) is 0 Å². The van der Waals surface area contributed by atoms with Crippen molar-refractivity contribution < 1.29 is 37.1 Å². The van der Waals surface area contributed by atoms with E-state index in [9.17, 15) is 32.3 Å². The zero-order valence-corrected chi connectivity index (χ0v) is 28.9. The van der Waals surface area contributed by atoms with E-state index >= 15 is 0 Å². The number of halogens is 3. The zero-order chi connectivity index (χ0) is 38.4. The number of rotatable bonds is 18. The van der Waals surface area contributed by atoms with Gasteiger partial charge in [0.2, 0.25) is 23.6 Å². The maximum Gasteiger partial charge on any atom is 0.416 e. The van der Waals surface area contributed by atoms with Gasteiger partial charge < -0.3 is 42.8 Å². The lowest BCUT2D eigenvalue weighted by molar-refractivity contribution is -0.138. The summed E-state index contributed by atoms with van der Waals surface area (Å²) >= 11 is 0. The van der Waals surface area contributed by atoms with Crippen molar-refractivity contribution in [1.29, 1.82) is 0 Å². The van der Waals surface area contributed by atoms with Crippen molar-refractivity contribution in [1.82, 2.24) is 20.5 Å². The van der Waals surface area contributed by atoms with Crippen LogP contribution in [-0.2, 0) is 43.1 Å². The average Bonchev–Trinajstić information content (AvgIpc) is 3.14. The normalized spacial score (nSPS) is 13.1. The van der Waals surface area contributed by atoms with Gasteiger partial charge in [0.1, 0.15) is 18.1 Å². The lowest BCUT2D eigenvalue weighted by Gasteiger charge is -2.27. The summed E-state index contributed by atoms with van der Waals surface area (Å²) in [5.74, 6) is -3.01. The Balaban J connectivity index is 1.57. The van der Waals surface area contributed by atoms with Gasteiger partial charge >= 0.3 is 6.18 Å². The molecule has 0 saturated heterocycles. The first kappa shape index (κ1) is 40.4. The van der Waals surface area contributed by atoms with Crippen LogP contribution in [0, 0.1) is 0 Å². The number of hydrogen-bond acceptors (Lipinski definition) is 9. The Morgan fingerprint density at radius 1 is 0.792 bits per heavy atom. The van der Waals surface area contributed by atoms with E-state index < -0.39 is 59.9 Å². The molecule has 0 saturated carbocycles. The van der Waals surface area contributed by atoms with Gasteiger partial charge in [0.25, 0.3) is 0 Å². The van der Waals surface area contributed by atoms with E-state index in [1.54, 1.807) is 30.3 Å². The number of nitrogens with zero attached hydrogens (tertiary/aromatic N) is 2. The highest BCUT2D eigenvalue weighted by molar-refractivity contribution is 6.00. The van der Waals surface area contributed by atoms with E-state index in [-0.39, 0.29) is 45.8 Å². The van der Waals surface area contributed by atoms with Crippen LogP contribution in [0.25, 0.3) is 10.9 Å². The van der Waals surface area contributed by atoms with Crippen LogP contribution in [0.5, 0.6) is 0 Å². The Hall–Kier alpha value is -5.42. The van der Waals surface area contributed by atoms with E-state index in [1.807, 2.05) is 30.3 Å². The number of carbonyl (C=O) groups excluding carboxylic acids is 4. The maximum absolute atomic E-state index is 13.9. The maximum atomic E-state index is 13.9. The summed E-state index contributed by atoms with van der Waals surface area (Å²) in [4.78, 5) is 59.9. The summed E-state index contributed by atoms with van der Waals surface area (Å²) in [7, 11) is 0. The fourth-order valence-corrected chi connectivity index (χ4v) is 5.33. The molecule has 4 amide bonds. The van der Waals surface area contributed by atoms with Crippen LogP contribution in [0.4, 0.5) is 18.9 Å². The summed E-state index contributed by atoms with van der Waals surface area (Å²) in [6.45, 7) is 0.433. The molecule has 1 heterocycles. The number of nitrogens with one attached hydrogen (secondary N) is 3. The number of benzene rings is 3. The second-order valence-electron chi connectivity index (χ2n) is 12.2. The Kier molecular flexibility index (Phi) is 14.8. The molecule has 0 aliphatic rings. The molecular formula is C37H43F3N8O5. The second kappa shape index (κ2) is 19.4. The Labute approximate surface area is 304 Å². The molecule has 0 unspecified atom stereocenters. The molecule has 3 atom stereocenters. The largest absolute Gasteiger partial charge is 0.416 e. The number of carbonyl (C=O) groups is 4. The van der Waals surface area contributed by atoms with Gasteiger partial charge in [-0.05, 0) is 35.4 Å². The molecule has 16 heteroatoms. The predicted octanol–water partition coefficient (Wildman–Crippen LogP) is 2.08. The van der Waals surface area contributed by atoms with Gasteiger partial charge in [0, 0.05) is 38.0 Å². The van der Waals surface area contributed by atoms with E-state index in [4.69, 9.17) is 21.9 Å². The Morgan fingerprint density at radius 2 is 1.43 bits per heavy atom. The zero-order valence-electron chi connectivity index (χ0n) is 28.9. The van der Waals surface area contributed by atoms with Crippen molar-refractivity contribution in [3.05, 3.63) is 108 Å². The molecule has 0 spiro atoms. The van der Waals surface area contributed by atoms with Crippen LogP contribution >= 0.6 is 0 Å². The number of nitrogens with two attached hydrogens (primary N) is 3. The summed E-state index contributed by atoms with van der Waals surface area (Å²) in [5.41, 5.74) is 18.6. The van der Waals surface area contributed by atoms with Gasteiger partial charge in [0.15, 0.2) is 0 Å². The Bertz CT molecular complexity index is 1820. The van der Waals surface area contributed by atoms with E-state index in [1.165, 1.54) is 23.2 Å². The highest BCUT2D eigenvalue weighted by Crippen LogP contribution is 2.29. The number of alkyl halides is 3. The van der Waals surface area contributed by atoms with Crippen LogP contribution in [0.3, 0.4) is 0 Å². The smallest absolute Gasteiger partial charge is 0.375 e. The molecule has 9 N–H and O–H groups in total. The summed E-state index contributed by atoms with van der Waals surface area (Å²) < 4.78 is 45.4. The summed E-state index contributed by atoms with van der Waals surface area (Å²) in [6.07, 6.45) is -3.95. The fraction of sp³-hybridized carbons (Fsp3) is 0.324. The van der Waals surface area contributed by atoms with Gasteiger partial charge in [-0.25, -0.2) is 0 Å². The minimum Gasteiger partial charge on any atom is -0.375 e. The van der Waals surface area contributed by atoms with Crippen molar-refractivity contribution in [3.63, 3.8) is 0 Å². The quantitative estimate of drug-likeness (QED) is 0.0883. The van der Waals surface area contributed by atoms with Crippen molar-refractivity contribution in [3.8, 4) is 0 Å². The summed E-state index contributed by atoms with van der Waals surface area (Å²) in [5, 5.41) is 8.51. The standard InChI is InChI=1S/C37H43F3N8O5/c38-37(39,40)27-12-10-24(11-13-27)18-31(35(51)45-28-19-26-8-4-5-9-30(26)44-21-28)47-36(52)32(20-33(49)48(16-14-41)17-15-42)46-34(50)29(43)23-53-22-25-6-2-1-3-7-25/h1-13,19,21,29,31-32H,14-18,20,22-23,41-43H2,(H,45,51)(H,46,50)(H,47,52)/t29-,31+,32+/m1/s1. The highest BCUT2D eigenvalue weighted by Gasteiger charge is 2.33. The van der Waals surface area contributed by atoms with Gasteiger partial charge in [-0.1, -0.05) is 60.7 Å². The first-order chi connectivity index (χ1) is 25.4. The van der Waals surface area contributed by atoms with Crippen molar-refractivity contribution in [2.75, 3.05) is 38.1 Å². The van der Waals surface area contributed by atoms with E-state index in [2.05, 4.69) is 20.9 Å². The van der Waals surface area contributed by atoms with Crippen LogP contribution in [-0.4, -0.2) is 84.4 Å². The SMILES string of the molecule is NCCN(CCN)C(=O)C[C@H](NC(=O)[C@H](N)COCc1ccccc1)C(=O)N[C@@H](Cc1ccc(C(F)(F)F)cc1)C(=O)Nc1cnc2ccccc2c1. The lowest BCUT2D eigenvalue weighted by Crippen LogP contribution is -2.57. The van der Waals surface area contributed by atoms with E-state index in [0.717, 1.165) is 23.1 Å². The predicted molar refractivity (Wildman–Crippen MR) is 193 cm³/mol. The van der Waals surface area contributed by atoms with E-state index in [0.29, 0.717) is 16.8 Å². The number of aromatic nitrogens is 1. The second-order valence-corrected chi connectivity index (χ2v) is 12.2. The fourth-order valence-electron chi connectivity index (χ4n) is 5.33. The third-order valence-electron chi connectivity index (χ3n) is 8.12. The molecule has 0 fully saturated rings. The third kappa shape index (κ3) is 12.3. The number of hydrogen-bond donors (Lipinski definition) is 6. The first-order valence-electron chi connectivity index (χ1n) is 16.9. The number of anilines is 1.